The third-order valence-electron chi connectivity index (χ3n) is 3.81. The number of esters is 1. The minimum Gasteiger partial charge on any atom is -0.490 e. The van der Waals surface area contributed by atoms with Gasteiger partial charge in [0.25, 0.3) is 0 Å². The number of rotatable bonds is 9. The van der Waals surface area contributed by atoms with Crippen LogP contribution in [0.5, 0.6) is 5.75 Å². The molecule has 2 rings (SSSR count). The number of anilines is 1. The number of ketones is 1. The Balaban J connectivity index is 1.90. The molecule has 29 heavy (non-hydrogen) atoms. The molecule has 0 spiro atoms. The highest BCUT2D eigenvalue weighted by atomic mass is 16.5. The summed E-state index contributed by atoms with van der Waals surface area (Å²) in [6, 6.07) is 13.5. The first-order valence-electron chi connectivity index (χ1n) is 9.03. The van der Waals surface area contributed by atoms with Gasteiger partial charge in [0.05, 0.1) is 0 Å². The maximum Gasteiger partial charge on any atom is 0.331 e. The Morgan fingerprint density at radius 2 is 1.72 bits per heavy atom. The Kier molecular flexibility index (Phi) is 7.91. The average Bonchev–Trinajstić information content (AvgIpc) is 2.71. The number of amides is 1. The molecule has 150 valence electrons. The van der Waals surface area contributed by atoms with E-state index < -0.39 is 12.1 Å². The minimum absolute atomic E-state index is 0.197. The maximum atomic E-state index is 12.4. The van der Waals surface area contributed by atoms with Crippen LogP contribution in [0.4, 0.5) is 5.69 Å². The molecule has 6 nitrogen and oxygen atoms in total. The number of hydrogen-bond donors (Lipinski definition) is 1. The van der Waals surface area contributed by atoms with Crippen molar-refractivity contribution < 1.29 is 23.9 Å². The molecule has 1 unspecified atom stereocenters. The first-order chi connectivity index (χ1) is 13.9. The van der Waals surface area contributed by atoms with Crippen molar-refractivity contribution in [2.75, 3.05) is 11.9 Å². The first kappa shape index (κ1) is 21.6. The number of carbonyl (C=O) groups is 3. The van der Waals surface area contributed by atoms with Crippen LogP contribution in [0.3, 0.4) is 0 Å². The van der Waals surface area contributed by atoms with E-state index in [4.69, 9.17) is 9.47 Å². The summed E-state index contributed by atoms with van der Waals surface area (Å²) in [5.74, 6) is -0.442. The zero-order chi connectivity index (χ0) is 21.2. The van der Waals surface area contributed by atoms with Crippen LogP contribution in [0.1, 0.15) is 29.8 Å². The number of carbonyl (C=O) groups excluding carboxylic acids is 3. The van der Waals surface area contributed by atoms with Gasteiger partial charge in [-0.15, -0.1) is 0 Å². The molecule has 0 bridgehead atoms. The van der Waals surface area contributed by atoms with Crippen LogP contribution in [0.2, 0.25) is 0 Å². The van der Waals surface area contributed by atoms with E-state index in [9.17, 15) is 14.4 Å². The van der Waals surface area contributed by atoms with Gasteiger partial charge < -0.3 is 14.8 Å². The quantitative estimate of drug-likeness (QED) is 0.301. The summed E-state index contributed by atoms with van der Waals surface area (Å²) in [6.45, 7) is 6.92. The van der Waals surface area contributed by atoms with E-state index in [2.05, 4.69) is 11.9 Å². The molecular formula is C23H23NO5. The SMILES string of the molecule is C=CCOc1ccc(/C=C/C(=O)OC(C)C(=O)c2ccc(NC(C)=O)cc2)cc1. The van der Waals surface area contributed by atoms with Gasteiger partial charge in [-0.2, -0.15) is 0 Å². The van der Waals surface area contributed by atoms with E-state index in [0.717, 1.165) is 5.56 Å². The molecular weight excluding hydrogens is 370 g/mol. The third-order valence-corrected chi connectivity index (χ3v) is 3.81. The molecule has 0 heterocycles. The van der Waals surface area contributed by atoms with Crippen LogP contribution < -0.4 is 10.1 Å². The van der Waals surface area contributed by atoms with E-state index in [1.807, 2.05) is 0 Å². The highest BCUT2D eigenvalue weighted by Gasteiger charge is 2.18. The summed E-state index contributed by atoms with van der Waals surface area (Å²) in [5.41, 5.74) is 1.77. The molecule has 0 aromatic heterocycles. The van der Waals surface area contributed by atoms with Gasteiger partial charge in [-0.25, -0.2) is 4.79 Å². The molecule has 0 aliphatic carbocycles. The second-order valence-electron chi connectivity index (χ2n) is 6.20. The van der Waals surface area contributed by atoms with E-state index in [0.29, 0.717) is 23.6 Å². The van der Waals surface area contributed by atoms with Gasteiger partial charge in [-0.1, -0.05) is 24.8 Å². The highest BCUT2D eigenvalue weighted by molar-refractivity contribution is 6.01. The molecule has 0 saturated carbocycles. The molecule has 1 N–H and O–H groups in total. The van der Waals surface area contributed by atoms with Crippen LogP contribution in [-0.4, -0.2) is 30.4 Å². The monoisotopic (exact) mass is 393 g/mol. The van der Waals surface area contributed by atoms with Crippen molar-refractivity contribution in [3.63, 3.8) is 0 Å². The Bertz CT molecular complexity index is 898. The molecule has 0 radical (unpaired) electrons. The topological polar surface area (TPSA) is 81.7 Å². The minimum atomic E-state index is -0.937. The van der Waals surface area contributed by atoms with Crippen molar-refractivity contribution in [1.82, 2.24) is 0 Å². The second kappa shape index (κ2) is 10.6. The van der Waals surface area contributed by atoms with E-state index >= 15 is 0 Å². The summed E-state index contributed by atoms with van der Waals surface area (Å²) in [7, 11) is 0. The molecule has 2 aromatic rings. The number of Topliss-reactive ketones (excluding diaryl/α,β-unsaturated/α-hetero) is 1. The number of ether oxygens (including phenoxy) is 2. The lowest BCUT2D eigenvalue weighted by atomic mass is 10.1. The molecule has 6 heteroatoms. The normalized spacial score (nSPS) is 11.5. The van der Waals surface area contributed by atoms with E-state index in [1.165, 1.54) is 19.9 Å². The standard InChI is InChI=1S/C23H23NO5/c1-4-15-28-21-12-5-18(6-13-21)7-14-22(26)29-16(2)23(27)19-8-10-20(11-9-19)24-17(3)25/h4-14,16H,1,15H2,2-3H3,(H,24,25)/b14-7+. The van der Waals surface area contributed by atoms with Crippen LogP contribution in [0, 0.1) is 0 Å². The molecule has 1 amide bonds. The van der Waals surface area contributed by atoms with Crippen molar-refractivity contribution >= 4 is 29.4 Å². The lowest BCUT2D eigenvalue weighted by Gasteiger charge is -2.11. The predicted molar refractivity (Wildman–Crippen MR) is 112 cm³/mol. The van der Waals surface area contributed by atoms with E-state index in [-0.39, 0.29) is 11.7 Å². The Labute approximate surface area is 169 Å². The van der Waals surface area contributed by atoms with Gasteiger partial charge in [-0.3, -0.25) is 9.59 Å². The number of hydrogen-bond acceptors (Lipinski definition) is 5. The zero-order valence-corrected chi connectivity index (χ0v) is 16.4. The number of benzene rings is 2. The summed E-state index contributed by atoms with van der Waals surface area (Å²) >= 11 is 0. The third kappa shape index (κ3) is 7.10. The van der Waals surface area contributed by atoms with Crippen LogP contribution in [-0.2, 0) is 14.3 Å². The fourth-order valence-electron chi connectivity index (χ4n) is 2.42. The maximum absolute atomic E-state index is 12.4. The fourth-order valence-corrected chi connectivity index (χ4v) is 2.42. The smallest absolute Gasteiger partial charge is 0.331 e. The van der Waals surface area contributed by atoms with Gasteiger partial charge in [0.1, 0.15) is 12.4 Å². The molecule has 0 saturated heterocycles. The Hall–Kier alpha value is -3.67. The fraction of sp³-hybridized carbons (Fsp3) is 0.174. The van der Waals surface area contributed by atoms with Gasteiger partial charge in [0, 0.05) is 24.3 Å². The zero-order valence-electron chi connectivity index (χ0n) is 16.4. The highest BCUT2D eigenvalue weighted by Crippen LogP contribution is 2.14. The van der Waals surface area contributed by atoms with Crippen molar-refractivity contribution in [2.45, 2.75) is 20.0 Å². The van der Waals surface area contributed by atoms with Gasteiger partial charge in [0.2, 0.25) is 11.7 Å². The number of nitrogens with one attached hydrogen (secondary N) is 1. The molecule has 0 aliphatic rings. The first-order valence-corrected chi connectivity index (χ1v) is 9.03. The molecule has 0 fully saturated rings. The summed E-state index contributed by atoms with van der Waals surface area (Å²) in [6.07, 6.45) is 3.58. The second-order valence-corrected chi connectivity index (χ2v) is 6.20. The Morgan fingerprint density at radius 1 is 1.07 bits per heavy atom. The van der Waals surface area contributed by atoms with Crippen molar-refractivity contribution in [3.05, 3.63) is 78.4 Å². The van der Waals surface area contributed by atoms with Crippen LogP contribution in [0.25, 0.3) is 6.08 Å². The lowest BCUT2D eigenvalue weighted by Crippen LogP contribution is -2.23. The van der Waals surface area contributed by atoms with Gasteiger partial charge >= 0.3 is 5.97 Å². The van der Waals surface area contributed by atoms with Crippen LogP contribution in [0.15, 0.2) is 67.3 Å². The average molecular weight is 393 g/mol. The van der Waals surface area contributed by atoms with Crippen molar-refractivity contribution in [1.29, 1.82) is 0 Å². The molecule has 1 atom stereocenters. The van der Waals surface area contributed by atoms with Crippen LogP contribution >= 0.6 is 0 Å². The lowest BCUT2D eigenvalue weighted by molar-refractivity contribution is -0.140. The van der Waals surface area contributed by atoms with E-state index in [1.54, 1.807) is 60.7 Å². The summed E-state index contributed by atoms with van der Waals surface area (Å²) in [4.78, 5) is 35.4. The van der Waals surface area contributed by atoms with Crippen molar-refractivity contribution in [2.24, 2.45) is 0 Å². The summed E-state index contributed by atoms with van der Waals surface area (Å²) in [5, 5.41) is 2.62. The molecule has 0 aliphatic heterocycles. The summed E-state index contributed by atoms with van der Waals surface area (Å²) < 4.78 is 10.6. The van der Waals surface area contributed by atoms with Gasteiger partial charge in [0.15, 0.2) is 6.10 Å². The molecule has 2 aromatic carbocycles. The Morgan fingerprint density at radius 3 is 2.31 bits per heavy atom. The van der Waals surface area contributed by atoms with Gasteiger partial charge in [-0.05, 0) is 55.0 Å². The van der Waals surface area contributed by atoms with Crippen molar-refractivity contribution in [3.8, 4) is 5.75 Å². The predicted octanol–water partition coefficient (Wildman–Crippen LogP) is 4.04. The largest absolute Gasteiger partial charge is 0.490 e.